The normalized spacial score (nSPS) is 17.3. The molecule has 0 saturated heterocycles. The summed E-state index contributed by atoms with van der Waals surface area (Å²) in [5, 5.41) is 3.20. The van der Waals surface area contributed by atoms with E-state index < -0.39 is 0 Å². The zero-order valence-corrected chi connectivity index (χ0v) is 10.8. The maximum Gasteiger partial charge on any atom is 0.132 e. The fraction of sp³-hybridized carbons (Fsp3) is 0.692. The number of nitrogen functional groups attached to an aromatic ring is 1. The number of rotatable bonds is 3. The van der Waals surface area contributed by atoms with Crippen LogP contribution in [0.15, 0.2) is 0 Å². The van der Waals surface area contributed by atoms with Gasteiger partial charge < -0.3 is 11.1 Å². The maximum absolute atomic E-state index is 6.06. The molecule has 0 fully saturated rings. The molecule has 4 nitrogen and oxygen atoms in total. The van der Waals surface area contributed by atoms with Gasteiger partial charge in [0.05, 0.1) is 0 Å². The van der Waals surface area contributed by atoms with Gasteiger partial charge >= 0.3 is 0 Å². The molecule has 1 aromatic heterocycles. The topological polar surface area (TPSA) is 63.8 Å². The molecule has 1 atom stereocenters. The smallest absolute Gasteiger partial charge is 0.132 e. The predicted molar refractivity (Wildman–Crippen MR) is 69.9 cm³/mol. The Morgan fingerprint density at radius 1 is 1.24 bits per heavy atom. The second-order valence-corrected chi connectivity index (χ2v) is 4.90. The van der Waals surface area contributed by atoms with Crippen molar-refractivity contribution in [1.82, 2.24) is 15.3 Å². The lowest BCUT2D eigenvalue weighted by molar-refractivity contribution is 0.588. The number of nitrogens with zero attached hydrogens (tertiary/aromatic N) is 2. The lowest BCUT2D eigenvalue weighted by Gasteiger charge is -2.13. The molecule has 0 aromatic carbocycles. The summed E-state index contributed by atoms with van der Waals surface area (Å²) < 4.78 is 0. The highest BCUT2D eigenvalue weighted by Gasteiger charge is 2.15. The molecule has 17 heavy (non-hydrogen) atoms. The third-order valence-electron chi connectivity index (χ3n) is 3.49. The number of nitrogens with two attached hydrogens (primary N) is 1. The quantitative estimate of drug-likeness (QED) is 0.778. The van der Waals surface area contributed by atoms with Crippen LogP contribution >= 0.6 is 0 Å². The molecule has 0 aliphatic heterocycles. The molecule has 0 amide bonds. The molecule has 94 valence electrons. The Morgan fingerprint density at radius 3 is 2.76 bits per heavy atom. The molecular weight excluding hydrogens is 212 g/mol. The summed E-state index contributed by atoms with van der Waals surface area (Å²) in [7, 11) is 1.96. The number of aryl methyl sites for hydroxylation is 1. The molecule has 2 rings (SSSR count). The van der Waals surface area contributed by atoms with Crippen LogP contribution in [0.1, 0.15) is 43.3 Å². The molecule has 3 N–H and O–H groups in total. The van der Waals surface area contributed by atoms with Crippen molar-refractivity contribution in [1.29, 1.82) is 0 Å². The van der Waals surface area contributed by atoms with Crippen LogP contribution < -0.4 is 11.1 Å². The van der Waals surface area contributed by atoms with E-state index in [9.17, 15) is 0 Å². The third-order valence-corrected chi connectivity index (χ3v) is 3.49. The zero-order valence-electron chi connectivity index (χ0n) is 10.8. The van der Waals surface area contributed by atoms with E-state index in [1.165, 1.54) is 30.5 Å². The summed E-state index contributed by atoms with van der Waals surface area (Å²) in [5.41, 5.74) is 8.44. The lowest BCUT2D eigenvalue weighted by atomic mass is 10.1. The summed E-state index contributed by atoms with van der Waals surface area (Å²) in [5.74, 6) is 1.58. The van der Waals surface area contributed by atoms with Gasteiger partial charge in [-0.05, 0) is 39.7 Å². The van der Waals surface area contributed by atoms with E-state index >= 15 is 0 Å². The Hall–Kier alpha value is -1.16. The van der Waals surface area contributed by atoms with Crippen LogP contribution in [0.5, 0.6) is 0 Å². The fourth-order valence-corrected chi connectivity index (χ4v) is 2.32. The Kier molecular flexibility index (Phi) is 3.94. The minimum Gasteiger partial charge on any atom is -0.383 e. The molecular formula is C13H22N4. The number of anilines is 1. The molecule has 1 unspecified atom stereocenters. The van der Waals surface area contributed by atoms with Crippen molar-refractivity contribution in [2.75, 3.05) is 12.8 Å². The van der Waals surface area contributed by atoms with Gasteiger partial charge in [0.15, 0.2) is 0 Å². The molecule has 0 spiro atoms. The molecule has 0 radical (unpaired) electrons. The van der Waals surface area contributed by atoms with E-state index in [2.05, 4.69) is 17.2 Å². The molecule has 1 aliphatic rings. The number of hydrogen-bond acceptors (Lipinski definition) is 4. The average Bonchev–Trinajstić information content (AvgIpc) is 2.54. The number of nitrogens with one attached hydrogen (secondary N) is 1. The summed E-state index contributed by atoms with van der Waals surface area (Å²) in [4.78, 5) is 9.13. The number of hydrogen-bond donors (Lipinski definition) is 2. The first-order chi connectivity index (χ1) is 8.20. The first-order valence-electron chi connectivity index (χ1n) is 6.52. The van der Waals surface area contributed by atoms with Crippen LogP contribution in [0, 0.1) is 0 Å². The highest BCUT2D eigenvalue weighted by molar-refractivity contribution is 5.43. The molecule has 0 bridgehead atoms. The maximum atomic E-state index is 6.06. The summed E-state index contributed by atoms with van der Waals surface area (Å²) >= 11 is 0. The van der Waals surface area contributed by atoms with Gasteiger partial charge in [0.25, 0.3) is 0 Å². The third kappa shape index (κ3) is 2.94. The van der Waals surface area contributed by atoms with E-state index in [-0.39, 0.29) is 0 Å². The fourth-order valence-electron chi connectivity index (χ4n) is 2.32. The minimum atomic E-state index is 0.387. The van der Waals surface area contributed by atoms with Gasteiger partial charge in [0.2, 0.25) is 0 Å². The van der Waals surface area contributed by atoms with Crippen molar-refractivity contribution < 1.29 is 0 Å². The SMILES string of the molecule is CNC(C)Cc1nc(N)c2c(n1)CCCCC2. The van der Waals surface area contributed by atoms with E-state index in [1.54, 1.807) is 0 Å². The van der Waals surface area contributed by atoms with E-state index in [0.717, 1.165) is 25.1 Å². The van der Waals surface area contributed by atoms with Crippen molar-refractivity contribution in [3.8, 4) is 0 Å². The van der Waals surface area contributed by atoms with Crippen molar-refractivity contribution in [3.63, 3.8) is 0 Å². The Balaban J connectivity index is 2.25. The van der Waals surface area contributed by atoms with Gasteiger partial charge in [0.1, 0.15) is 11.6 Å². The van der Waals surface area contributed by atoms with Gasteiger partial charge in [-0.15, -0.1) is 0 Å². The zero-order chi connectivity index (χ0) is 12.3. The van der Waals surface area contributed by atoms with E-state index in [0.29, 0.717) is 11.9 Å². The van der Waals surface area contributed by atoms with Gasteiger partial charge in [-0.1, -0.05) is 6.42 Å². The van der Waals surface area contributed by atoms with E-state index in [1.807, 2.05) is 7.05 Å². The van der Waals surface area contributed by atoms with Crippen LogP contribution in [0.25, 0.3) is 0 Å². The van der Waals surface area contributed by atoms with Crippen LogP contribution in [-0.2, 0) is 19.3 Å². The second-order valence-electron chi connectivity index (χ2n) is 4.90. The Bertz CT molecular complexity index is 389. The van der Waals surface area contributed by atoms with Crippen molar-refractivity contribution >= 4 is 5.82 Å². The number of fused-ring (bicyclic) bond motifs is 1. The number of aromatic nitrogens is 2. The standard InChI is InChI=1S/C13H22N4/c1-9(15-2)8-12-16-11-7-5-3-4-6-10(11)13(14)17-12/h9,15H,3-8H2,1-2H3,(H2,14,16,17). The predicted octanol–water partition coefficient (Wildman–Crippen LogP) is 1.48. The van der Waals surface area contributed by atoms with Crippen LogP contribution in [0.2, 0.25) is 0 Å². The Morgan fingerprint density at radius 2 is 2.00 bits per heavy atom. The first kappa shape index (κ1) is 12.3. The highest BCUT2D eigenvalue weighted by Crippen LogP contribution is 2.23. The van der Waals surface area contributed by atoms with Crippen molar-refractivity contribution in [2.24, 2.45) is 0 Å². The summed E-state index contributed by atoms with van der Waals surface area (Å²) in [6.45, 7) is 2.13. The Labute approximate surface area is 103 Å². The highest BCUT2D eigenvalue weighted by atomic mass is 15.0. The lowest BCUT2D eigenvalue weighted by Crippen LogP contribution is -2.25. The van der Waals surface area contributed by atoms with Gasteiger partial charge in [-0.2, -0.15) is 0 Å². The largest absolute Gasteiger partial charge is 0.383 e. The van der Waals surface area contributed by atoms with E-state index in [4.69, 9.17) is 10.7 Å². The molecule has 4 heteroatoms. The van der Waals surface area contributed by atoms with Crippen molar-refractivity contribution in [3.05, 3.63) is 17.1 Å². The first-order valence-corrected chi connectivity index (χ1v) is 6.52. The molecule has 1 heterocycles. The van der Waals surface area contributed by atoms with Crippen LogP contribution in [0.3, 0.4) is 0 Å². The second kappa shape index (κ2) is 5.45. The summed E-state index contributed by atoms with van der Waals surface area (Å²) in [6, 6.07) is 0.387. The minimum absolute atomic E-state index is 0.387. The van der Waals surface area contributed by atoms with Crippen LogP contribution in [0.4, 0.5) is 5.82 Å². The molecule has 1 aromatic rings. The molecule has 0 saturated carbocycles. The molecule has 1 aliphatic carbocycles. The monoisotopic (exact) mass is 234 g/mol. The van der Waals surface area contributed by atoms with Gasteiger partial charge in [-0.25, -0.2) is 9.97 Å². The van der Waals surface area contributed by atoms with Crippen LogP contribution in [-0.4, -0.2) is 23.1 Å². The van der Waals surface area contributed by atoms with Crippen molar-refractivity contribution in [2.45, 2.75) is 51.5 Å². The van der Waals surface area contributed by atoms with Gasteiger partial charge in [-0.3, -0.25) is 0 Å². The summed E-state index contributed by atoms with van der Waals surface area (Å²) in [6.07, 6.45) is 6.66. The average molecular weight is 234 g/mol. The number of likely N-dealkylation sites (N-methyl/N-ethyl adjacent to an activating group) is 1. The van der Waals surface area contributed by atoms with Gasteiger partial charge in [0, 0.05) is 23.7 Å².